The van der Waals surface area contributed by atoms with Gasteiger partial charge in [-0.15, -0.1) is 0 Å². The predicted octanol–water partition coefficient (Wildman–Crippen LogP) is -1.93. The summed E-state index contributed by atoms with van der Waals surface area (Å²) in [6, 6.07) is 0. The van der Waals surface area contributed by atoms with Crippen molar-refractivity contribution >= 4 is 5.97 Å². The van der Waals surface area contributed by atoms with Crippen LogP contribution in [-0.2, 0) is 21.0 Å². The Balaban J connectivity index is 2.00. The second kappa shape index (κ2) is 5.06. The Morgan fingerprint density at radius 2 is 1.95 bits per heavy atom. The molecule has 2 rings (SSSR count). The highest BCUT2D eigenvalue weighted by molar-refractivity contribution is 5.87. The zero-order valence-corrected chi connectivity index (χ0v) is 9.80. The van der Waals surface area contributed by atoms with Gasteiger partial charge in [-0.2, -0.15) is 0 Å². The van der Waals surface area contributed by atoms with Crippen LogP contribution in [-0.4, -0.2) is 33.2 Å². The highest BCUT2D eigenvalue weighted by Crippen LogP contribution is 2.18. The average Bonchev–Trinajstić information content (AvgIpc) is 3.11. The molecule has 9 heteroatoms. The summed E-state index contributed by atoms with van der Waals surface area (Å²) >= 11 is 0. The number of carbonyl (C=O) groups is 1. The third-order valence-electron chi connectivity index (χ3n) is 2.42. The van der Waals surface area contributed by atoms with E-state index in [-0.39, 0.29) is 11.7 Å². The molecule has 0 amide bonds. The first-order valence-electron chi connectivity index (χ1n) is 5.37. The molecule has 2 N–H and O–H groups in total. The van der Waals surface area contributed by atoms with Crippen molar-refractivity contribution in [1.82, 2.24) is 14.5 Å². The lowest BCUT2D eigenvalue weighted by Crippen LogP contribution is -2.43. The van der Waals surface area contributed by atoms with Gasteiger partial charge in [-0.25, -0.2) is 23.7 Å². The number of ether oxygens (including phenoxy) is 2. The zero-order chi connectivity index (χ0) is 14.0. The molecule has 1 aromatic heterocycles. The van der Waals surface area contributed by atoms with Gasteiger partial charge in [0.05, 0.1) is 12.7 Å². The van der Waals surface area contributed by atoms with E-state index in [1.165, 1.54) is 0 Å². The summed E-state index contributed by atoms with van der Waals surface area (Å²) in [4.78, 5) is 48.5. The van der Waals surface area contributed by atoms with Crippen molar-refractivity contribution in [3.8, 4) is 0 Å². The molecule has 0 bridgehead atoms. The first-order chi connectivity index (χ1) is 8.97. The predicted molar refractivity (Wildman–Crippen MR) is 61.5 cm³/mol. The lowest BCUT2D eigenvalue weighted by molar-refractivity contribution is -0.143. The quantitative estimate of drug-likeness (QED) is 0.364. The first kappa shape index (κ1) is 13.0. The van der Waals surface area contributed by atoms with Crippen LogP contribution in [0.25, 0.3) is 0 Å². The van der Waals surface area contributed by atoms with Gasteiger partial charge in [-0.05, 0) is 0 Å². The lowest BCUT2D eigenvalue weighted by Gasteiger charge is -2.06. The fourth-order valence-electron chi connectivity index (χ4n) is 1.34. The van der Waals surface area contributed by atoms with Gasteiger partial charge in [-0.1, -0.05) is 6.58 Å². The van der Waals surface area contributed by atoms with Gasteiger partial charge in [0.25, 0.3) is 0 Å². The van der Waals surface area contributed by atoms with Crippen LogP contribution in [0.1, 0.15) is 6.42 Å². The topological polar surface area (TPSA) is 127 Å². The molecule has 1 unspecified atom stereocenters. The number of nitrogens with zero attached hydrogens (tertiary/aromatic N) is 1. The van der Waals surface area contributed by atoms with Gasteiger partial charge in [0, 0.05) is 12.0 Å². The van der Waals surface area contributed by atoms with Crippen molar-refractivity contribution in [2.45, 2.75) is 19.3 Å². The van der Waals surface area contributed by atoms with E-state index in [2.05, 4.69) is 6.58 Å². The summed E-state index contributed by atoms with van der Waals surface area (Å²) in [5.41, 5.74) is -2.65. The minimum Gasteiger partial charge on any atom is -0.440 e. The van der Waals surface area contributed by atoms with Crippen molar-refractivity contribution in [2.24, 2.45) is 0 Å². The number of carbonyl (C=O) groups excluding carboxylic acids is 1. The van der Waals surface area contributed by atoms with Crippen LogP contribution < -0.4 is 17.1 Å². The molecule has 0 aromatic carbocycles. The number of epoxide rings is 1. The van der Waals surface area contributed by atoms with Crippen LogP contribution in [0.15, 0.2) is 26.5 Å². The summed E-state index contributed by atoms with van der Waals surface area (Å²) in [6.45, 7) is 3.49. The maximum Gasteiger partial charge on any atom is 0.336 e. The van der Waals surface area contributed by atoms with Crippen molar-refractivity contribution in [2.75, 3.05) is 6.61 Å². The van der Waals surface area contributed by atoms with Gasteiger partial charge in [0.15, 0.2) is 6.73 Å². The molecule has 2 heterocycles. The average molecular weight is 269 g/mol. The van der Waals surface area contributed by atoms with Crippen molar-refractivity contribution in [1.29, 1.82) is 0 Å². The second-order valence-electron chi connectivity index (χ2n) is 3.94. The number of H-pyrrole nitrogens is 2. The SMILES string of the molecule is C=C(CC1CO1)C(=O)OCn1c(=O)[nH]c(=O)[nH]c1=O. The van der Waals surface area contributed by atoms with Crippen LogP contribution in [0, 0.1) is 0 Å². The molecule has 1 fully saturated rings. The number of aromatic amines is 2. The number of hydrogen-bond acceptors (Lipinski definition) is 6. The molecule has 1 atom stereocenters. The normalized spacial score (nSPS) is 16.9. The van der Waals surface area contributed by atoms with E-state index < -0.39 is 29.8 Å². The van der Waals surface area contributed by atoms with Crippen LogP contribution in [0.2, 0.25) is 0 Å². The monoisotopic (exact) mass is 269 g/mol. The van der Waals surface area contributed by atoms with Gasteiger partial charge >= 0.3 is 23.0 Å². The number of aromatic nitrogens is 3. The fraction of sp³-hybridized carbons (Fsp3) is 0.400. The fourth-order valence-corrected chi connectivity index (χ4v) is 1.34. The Labute approximate surface area is 105 Å². The molecule has 0 spiro atoms. The smallest absolute Gasteiger partial charge is 0.336 e. The maximum atomic E-state index is 11.5. The summed E-state index contributed by atoms with van der Waals surface area (Å²) in [5.74, 6) is -0.729. The van der Waals surface area contributed by atoms with Gasteiger partial charge in [0.2, 0.25) is 0 Å². The molecule has 0 radical (unpaired) electrons. The van der Waals surface area contributed by atoms with Gasteiger partial charge in [0.1, 0.15) is 0 Å². The standard InChI is InChI=1S/C10H11N3O6/c1-5(2-6-3-18-6)7(14)19-4-13-9(16)11-8(15)12-10(13)17/h6H,1-4H2,(H2,11,12,15,16,17). The molecule has 0 aliphatic carbocycles. The van der Waals surface area contributed by atoms with Crippen LogP contribution in [0.3, 0.4) is 0 Å². The van der Waals surface area contributed by atoms with E-state index in [0.717, 1.165) is 0 Å². The van der Waals surface area contributed by atoms with Crippen LogP contribution in [0.5, 0.6) is 0 Å². The molecule has 0 saturated carbocycles. The van der Waals surface area contributed by atoms with Gasteiger partial charge in [-0.3, -0.25) is 9.97 Å². The van der Waals surface area contributed by atoms with E-state index in [4.69, 9.17) is 9.47 Å². The summed E-state index contributed by atoms with van der Waals surface area (Å²) < 4.78 is 10.2. The number of hydrogen-bond donors (Lipinski definition) is 2. The number of esters is 1. The highest BCUT2D eigenvalue weighted by Gasteiger charge is 2.26. The Hall–Kier alpha value is -2.42. The Kier molecular flexibility index (Phi) is 3.47. The first-order valence-corrected chi connectivity index (χ1v) is 5.37. The third kappa shape index (κ3) is 3.28. The molecule has 102 valence electrons. The molecule has 1 aliphatic heterocycles. The summed E-state index contributed by atoms with van der Waals surface area (Å²) in [7, 11) is 0. The van der Waals surface area contributed by atoms with E-state index in [1.807, 2.05) is 9.97 Å². The molecule has 1 saturated heterocycles. The van der Waals surface area contributed by atoms with Gasteiger partial charge < -0.3 is 9.47 Å². The molecular formula is C10H11N3O6. The van der Waals surface area contributed by atoms with Crippen molar-refractivity contribution in [3.05, 3.63) is 43.6 Å². The Bertz CT molecular complexity index is 643. The molecule has 19 heavy (non-hydrogen) atoms. The third-order valence-corrected chi connectivity index (χ3v) is 2.42. The highest BCUT2D eigenvalue weighted by atomic mass is 16.6. The van der Waals surface area contributed by atoms with E-state index in [9.17, 15) is 19.2 Å². The van der Waals surface area contributed by atoms with Crippen LogP contribution in [0.4, 0.5) is 0 Å². The lowest BCUT2D eigenvalue weighted by atomic mass is 10.2. The van der Waals surface area contributed by atoms with E-state index in [1.54, 1.807) is 0 Å². The summed E-state index contributed by atoms with van der Waals surface area (Å²) in [6.07, 6.45) is 0.328. The van der Waals surface area contributed by atoms with E-state index >= 15 is 0 Å². The Morgan fingerprint density at radius 3 is 2.47 bits per heavy atom. The minimum atomic E-state index is -0.960. The molecule has 9 nitrogen and oxygen atoms in total. The molecule has 1 aromatic rings. The Morgan fingerprint density at radius 1 is 1.37 bits per heavy atom. The largest absolute Gasteiger partial charge is 0.440 e. The van der Waals surface area contributed by atoms with Crippen molar-refractivity contribution < 1.29 is 14.3 Å². The second-order valence-corrected chi connectivity index (χ2v) is 3.94. The maximum absolute atomic E-state index is 11.5. The number of rotatable bonds is 5. The minimum absolute atomic E-state index is 0.0146. The van der Waals surface area contributed by atoms with Crippen LogP contribution >= 0.6 is 0 Å². The molecular weight excluding hydrogens is 258 g/mol. The zero-order valence-electron chi connectivity index (χ0n) is 9.80. The summed E-state index contributed by atoms with van der Waals surface area (Å²) in [5, 5.41) is 0. The molecule has 1 aliphatic rings. The van der Waals surface area contributed by atoms with Crippen molar-refractivity contribution in [3.63, 3.8) is 0 Å². The van der Waals surface area contributed by atoms with E-state index in [0.29, 0.717) is 17.6 Å². The number of nitrogens with one attached hydrogen (secondary N) is 2.